The maximum absolute atomic E-state index is 5.58. The van der Waals surface area contributed by atoms with Crippen LogP contribution in [0.4, 0.5) is 0 Å². The molecule has 2 heterocycles. The fourth-order valence-electron chi connectivity index (χ4n) is 4.41. The Morgan fingerprint density at radius 1 is 1.05 bits per heavy atom. The van der Waals surface area contributed by atoms with E-state index in [1.807, 2.05) is 0 Å². The van der Waals surface area contributed by atoms with Crippen LogP contribution in [-0.4, -0.2) is 19.3 Å². The summed E-state index contributed by atoms with van der Waals surface area (Å²) >= 11 is 0. The molecule has 2 aliphatic heterocycles. The van der Waals surface area contributed by atoms with Crippen molar-refractivity contribution >= 4 is 0 Å². The Labute approximate surface area is 127 Å². The van der Waals surface area contributed by atoms with Gasteiger partial charge in [-0.2, -0.15) is 0 Å². The molecule has 1 saturated heterocycles. The zero-order valence-electron chi connectivity index (χ0n) is 12.7. The second-order valence-electron chi connectivity index (χ2n) is 6.90. The Kier molecular flexibility index (Phi) is 3.74. The van der Waals surface area contributed by atoms with Crippen molar-refractivity contribution in [2.75, 3.05) is 13.2 Å². The van der Waals surface area contributed by atoms with Crippen molar-refractivity contribution < 1.29 is 9.47 Å². The van der Waals surface area contributed by atoms with E-state index in [2.05, 4.69) is 23.5 Å². The molecule has 1 unspecified atom stereocenters. The third-order valence-corrected chi connectivity index (χ3v) is 5.73. The van der Waals surface area contributed by atoms with E-state index >= 15 is 0 Å². The van der Waals surface area contributed by atoms with Gasteiger partial charge in [-0.25, -0.2) is 0 Å². The standard InChI is InChI=1S/C18H25NO2/c1-2-17(18(5-1)6-8-20-9-7-18)19-11-14-3-4-15-12-21-13-16(15)10-14/h3-4,10,17,19H,1-2,5-9,11-13H2. The topological polar surface area (TPSA) is 30.5 Å². The molecule has 1 saturated carbocycles. The highest BCUT2D eigenvalue weighted by Gasteiger charge is 2.43. The van der Waals surface area contributed by atoms with Crippen LogP contribution in [0, 0.1) is 5.41 Å². The number of hydrogen-bond donors (Lipinski definition) is 1. The van der Waals surface area contributed by atoms with Crippen LogP contribution < -0.4 is 5.32 Å². The molecule has 0 amide bonds. The highest BCUT2D eigenvalue weighted by molar-refractivity contribution is 5.33. The molecule has 1 atom stereocenters. The van der Waals surface area contributed by atoms with Gasteiger partial charge in [-0.3, -0.25) is 0 Å². The summed E-state index contributed by atoms with van der Waals surface area (Å²) in [5.74, 6) is 0. The van der Waals surface area contributed by atoms with Gasteiger partial charge in [-0.1, -0.05) is 24.6 Å². The molecular weight excluding hydrogens is 262 g/mol. The Morgan fingerprint density at radius 3 is 2.81 bits per heavy atom. The summed E-state index contributed by atoms with van der Waals surface area (Å²) in [7, 11) is 0. The van der Waals surface area contributed by atoms with Gasteiger partial charge in [-0.15, -0.1) is 0 Å². The van der Waals surface area contributed by atoms with Crippen LogP contribution in [0.25, 0.3) is 0 Å². The number of fused-ring (bicyclic) bond motifs is 1. The molecular formula is C18H25NO2. The van der Waals surface area contributed by atoms with Gasteiger partial charge >= 0.3 is 0 Å². The second-order valence-corrected chi connectivity index (χ2v) is 6.90. The van der Waals surface area contributed by atoms with E-state index < -0.39 is 0 Å². The van der Waals surface area contributed by atoms with E-state index in [1.54, 1.807) is 0 Å². The van der Waals surface area contributed by atoms with Crippen molar-refractivity contribution in [2.45, 2.75) is 57.9 Å². The average Bonchev–Trinajstić information content (AvgIpc) is 3.13. The third kappa shape index (κ3) is 2.63. The van der Waals surface area contributed by atoms with Crippen molar-refractivity contribution in [3.05, 3.63) is 34.9 Å². The Balaban J connectivity index is 1.42. The van der Waals surface area contributed by atoms with Gasteiger partial charge in [0, 0.05) is 25.8 Å². The first-order valence-corrected chi connectivity index (χ1v) is 8.35. The zero-order valence-corrected chi connectivity index (χ0v) is 12.7. The van der Waals surface area contributed by atoms with Gasteiger partial charge in [0.1, 0.15) is 0 Å². The third-order valence-electron chi connectivity index (χ3n) is 5.73. The van der Waals surface area contributed by atoms with E-state index in [-0.39, 0.29) is 0 Å². The van der Waals surface area contributed by atoms with Gasteiger partial charge in [0.15, 0.2) is 0 Å². The summed E-state index contributed by atoms with van der Waals surface area (Å²) in [6.07, 6.45) is 6.56. The van der Waals surface area contributed by atoms with Gasteiger partial charge in [-0.05, 0) is 47.8 Å². The first-order chi connectivity index (χ1) is 10.4. The number of ether oxygens (including phenoxy) is 2. The number of benzene rings is 1. The Morgan fingerprint density at radius 2 is 1.90 bits per heavy atom. The molecule has 1 N–H and O–H groups in total. The van der Waals surface area contributed by atoms with Crippen molar-refractivity contribution in [3.8, 4) is 0 Å². The molecule has 114 valence electrons. The number of hydrogen-bond acceptors (Lipinski definition) is 3. The van der Waals surface area contributed by atoms with Crippen LogP contribution in [0.3, 0.4) is 0 Å². The monoisotopic (exact) mass is 287 g/mol. The van der Waals surface area contributed by atoms with Crippen molar-refractivity contribution in [1.82, 2.24) is 5.32 Å². The SMILES string of the molecule is c1cc2c(cc1CNC1CCCC13CCOCC3)COC2. The Hall–Kier alpha value is -0.900. The largest absolute Gasteiger partial charge is 0.381 e. The zero-order chi connectivity index (χ0) is 14.1. The summed E-state index contributed by atoms with van der Waals surface area (Å²) < 4.78 is 11.1. The molecule has 4 rings (SSSR count). The smallest absolute Gasteiger partial charge is 0.0725 e. The van der Waals surface area contributed by atoms with E-state index in [9.17, 15) is 0 Å². The first kappa shape index (κ1) is 13.7. The predicted molar refractivity (Wildman–Crippen MR) is 81.9 cm³/mol. The van der Waals surface area contributed by atoms with Gasteiger partial charge in [0.2, 0.25) is 0 Å². The molecule has 0 aromatic heterocycles. The minimum absolute atomic E-state index is 0.512. The van der Waals surface area contributed by atoms with Crippen LogP contribution in [0.2, 0.25) is 0 Å². The summed E-state index contributed by atoms with van der Waals surface area (Å²) in [6, 6.07) is 7.48. The highest BCUT2D eigenvalue weighted by atomic mass is 16.5. The average molecular weight is 287 g/mol. The minimum atomic E-state index is 0.512. The molecule has 2 fully saturated rings. The van der Waals surface area contributed by atoms with Crippen LogP contribution >= 0.6 is 0 Å². The molecule has 0 radical (unpaired) electrons. The summed E-state index contributed by atoms with van der Waals surface area (Å²) in [6.45, 7) is 4.46. The summed E-state index contributed by atoms with van der Waals surface area (Å²) in [4.78, 5) is 0. The molecule has 3 aliphatic rings. The predicted octanol–water partition coefficient (Wildman–Crippen LogP) is 3.16. The van der Waals surface area contributed by atoms with Crippen molar-refractivity contribution in [2.24, 2.45) is 5.41 Å². The second kappa shape index (κ2) is 5.71. The van der Waals surface area contributed by atoms with E-state index in [0.29, 0.717) is 11.5 Å². The van der Waals surface area contributed by atoms with Crippen molar-refractivity contribution in [1.29, 1.82) is 0 Å². The van der Waals surface area contributed by atoms with E-state index in [4.69, 9.17) is 9.47 Å². The first-order valence-electron chi connectivity index (χ1n) is 8.35. The molecule has 21 heavy (non-hydrogen) atoms. The fraction of sp³-hybridized carbons (Fsp3) is 0.667. The fourth-order valence-corrected chi connectivity index (χ4v) is 4.41. The van der Waals surface area contributed by atoms with Crippen LogP contribution in [0.1, 0.15) is 48.8 Å². The molecule has 3 nitrogen and oxygen atoms in total. The van der Waals surface area contributed by atoms with E-state index in [1.165, 1.54) is 48.8 Å². The molecule has 1 aliphatic carbocycles. The Bertz CT molecular complexity index is 508. The minimum Gasteiger partial charge on any atom is -0.381 e. The van der Waals surface area contributed by atoms with Gasteiger partial charge in [0.05, 0.1) is 13.2 Å². The summed E-state index contributed by atoms with van der Waals surface area (Å²) in [5, 5.41) is 3.85. The van der Waals surface area contributed by atoms with Crippen LogP contribution in [0.15, 0.2) is 18.2 Å². The number of nitrogens with one attached hydrogen (secondary N) is 1. The molecule has 1 spiro atoms. The molecule has 3 heteroatoms. The van der Waals surface area contributed by atoms with Crippen LogP contribution in [-0.2, 0) is 29.2 Å². The van der Waals surface area contributed by atoms with Gasteiger partial charge < -0.3 is 14.8 Å². The van der Waals surface area contributed by atoms with E-state index in [0.717, 1.165) is 33.0 Å². The van der Waals surface area contributed by atoms with Crippen LogP contribution in [0.5, 0.6) is 0 Å². The molecule has 0 bridgehead atoms. The highest BCUT2D eigenvalue weighted by Crippen LogP contribution is 2.46. The summed E-state index contributed by atoms with van der Waals surface area (Å²) in [5.41, 5.74) is 4.65. The maximum Gasteiger partial charge on any atom is 0.0725 e. The lowest BCUT2D eigenvalue weighted by atomic mass is 9.75. The normalized spacial score (nSPS) is 27.1. The lowest BCUT2D eigenvalue weighted by Gasteiger charge is -2.39. The van der Waals surface area contributed by atoms with Crippen molar-refractivity contribution in [3.63, 3.8) is 0 Å². The lowest BCUT2D eigenvalue weighted by molar-refractivity contribution is 0.00415. The quantitative estimate of drug-likeness (QED) is 0.926. The lowest BCUT2D eigenvalue weighted by Crippen LogP contribution is -2.44. The van der Waals surface area contributed by atoms with Gasteiger partial charge in [0.25, 0.3) is 0 Å². The number of rotatable bonds is 3. The maximum atomic E-state index is 5.58. The molecule has 1 aromatic rings. The molecule has 1 aromatic carbocycles.